The first-order valence-corrected chi connectivity index (χ1v) is 8.59. The van der Waals surface area contributed by atoms with Crippen molar-refractivity contribution in [3.63, 3.8) is 0 Å². The van der Waals surface area contributed by atoms with Gasteiger partial charge in [-0.3, -0.25) is 4.79 Å². The van der Waals surface area contributed by atoms with Crippen molar-refractivity contribution in [1.29, 1.82) is 0 Å². The van der Waals surface area contributed by atoms with Crippen LogP contribution in [0.15, 0.2) is 34.7 Å². The number of rotatable bonds is 2. The van der Waals surface area contributed by atoms with E-state index in [4.69, 9.17) is 9.15 Å². The standard InChI is InChI=1S/C19H24N2O4/c1-19(2,3)25-18(23)20-14-8-10-21(11-9-14)17(22)16-12-13-6-4-5-7-15(13)24-16/h4-7,12,14H,8-11H2,1-3H3,(H,20,23). The van der Waals surface area contributed by atoms with E-state index in [1.165, 1.54) is 0 Å². The molecule has 1 N–H and O–H groups in total. The predicted octanol–water partition coefficient (Wildman–Crippen LogP) is 3.56. The molecule has 3 rings (SSSR count). The molecule has 134 valence electrons. The van der Waals surface area contributed by atoms with Crippen LogP contribution in [-0.4, -0.2) is 41.6 Å². The highest BCUT2D eigenvalue weighted by molar-refractivity contribution is 5.96. The molecule has 1 saturated heterocycles. The Morgan fingerprint density at radius 2 is 1.88 bits per heavy atom. The second kappa shape index (κ2) is 6.78. The van der Waals surface area contributed by atoms with Crippen molar-refractivity contribution in [1.82, 2.24) is 10.2 Å². The number of ether oxygens (including phenoxy) is 1. The number of piperidine rings is 1. The van der Waals surface area contributed by atoms with Crippen LogP contribution in [0.2, 0.25) is 0 Å². The molecule has 1 aliphatic rings. The van der Waals surface area contributed by atoms with Crippen LogP contribution in [0.25, 0.3) is 11.0 Å². The largest absolute Gasteiger partial charge is 0.451 e. The first-order valence-electron chi connectivity index (χ1n) is 8.59. The molecule has 1 aliphatic heterocycles. The van der Waals surface area contributed by atoms with Crippen molar-refractivity contribution >= 4 is 23.0 Å². The van der Waals surface area contributed by atoms with Gasteiger partial charge >= 0.3 is 6.09 Å². The zero-order valence-corrected chi connectivity index (χ0v) is 14.9. The van der Waals surface area contributed by atoms with Crippen LogP contribution in [0.3, 0.4) is 0 Å². The predicted molar refractivity (Wildman–Crippen MR) is 94.5 cm³/mol. The average molecular weight is 344 g/mol. The summed E-state index contributed by atoms with van der Waals surface area (Å²) in [4.78, 5) is 26.2. The molecule has 0 unspecified atom stereocenters. The number of nitrogens with zero attached hydrogens (tertiary/aromatic N) is 1. The molecule has 1 aromatic carbocycles. The third kappa shape index (κ3) is 4.32. The number of furan rings is 1. The average Bonchev–Trinajstić information content (AvgIpc) is 2.97. The van der Waals surface area contributed by atoms with Gasteiger partial charge in [-0.05, 0) is 45.7 Å². The summed E-state index contributed by atoms with van der Waals surface area (Å²) in [6, 6.07) is 9.38. The molecule has 0 saturated carbocycles. The third-order valence-corrected chi connectivity index (χ3v) is 4.14. The molecule has 25 heavy (non-hydrogen) atoms. The Labute approximate surface area is 147 Å². The summed E-state index contributed by atoms with van der Waals surface area (Å²) in [6.07, 6.45) is 0.991. The zero-order chi connectivity index (χ0) is 18.0. The number of carbonyl (C=O) groups excluding carboxylic acids is 2. The third-order valence-electron chi connectivity index (χ3n) is 4.14. The fourth-order valence-corrected chi connectivity index (χ4v) is 2.94. The molecular formula is C19H24N2O4. The number of amides is 2. The summed E-state index contributed by atoms with van der Waals surface area (Å²) >= 11 is 0. The smallest absolute Gasteiger partial charge is 0.407 e. The second-order valence-electron chi connectivity index (χ2n) is 7.36. The van der Waals surface area contributed by atoms with Gasteiger partial charge in [0, 0.05) is 24.5 Å². The van der Waals surface area contributed by atoms with Crippen LogP contribution >= 0.6 is 0 Å². The normalized spacial score (nSPS) is 16.0. The molecule has 1 aromatic heterocycles. The Kier molecular flexibility index (Phi) is 4.70. The van der Waals surface area contributed by atoms with Gasteiger partial charge in [0.15, 0.2) is 5.76 Å². The summed E-state index contributed by atoms with van der Waals surface area (Å²) in [6.45, 7) is 6.66. The van der Waals surface area contributed by atoms with Gasteiger partial charge in [-0.25, -0.2) is 4.79 Å². The van der Waals surface area contributed by atoms with Gasteiger partial charge in [0.25, 0.3) is 5.91 Å². The lowest BCUT2D eigenvalue weighted by Gasteiger charge is -2.32. The number of nitrogens with one attached hydrogen (secondary N) is 1. The molecule has 6 nitrogen and oxygen atoms in total. The van der Waals surface area contributed by atoms with E-state index in [0.717, 1.165) is 5.39 Å². The molecule has 0 radical (unpaired) electrons. The van der Waals surface area contributed by atoms with Gasteiger partial charge in [-0.2, -0.15) is 0 Å². The van der Waals surface area contributed by atoms with Crippen molar-refractivity contribution in [2.75, 3.05) is 13.1 Å². The lowest BCUT2D eigenvalue weighted by atomic mass is 10.0. The summed E-state index contributed by atoms with van der Waals surface area (Å²) in [5, 5.41) is 3.80. The molecule has 6 heteroatoms. The maximum absolute atomic E-state index is 12.6. The van der Waals surface area contributed by atoms with Crippen molar-refractivity contribution in [2.45, 2.75) is 45.3 Å². The number of alkyl carbamates (subject to hydrolysis) is 1. The van der Waals surface area contributed by atoms with Crippen molar-refractivity contribution in [3.05, 3.63) is 36.1 Å². The van der Waals surface area contributed by atoms with Gasteiger partial charge in [0.05, 0.1) is 0 Å². The minimum absolute atomic E-state index is 0.0228. The number of likely N-dealkylation sites (tertiary alicyclic amines) is 1. The highest BCUT2D eigenvalue weighted by Gasteiger charge is 2.27. The number of hydrogen-bond acceptors (Lipinski definition) is 4. The maximum Gasteiger partial charge on any atom is 0.407 e. The Hall–Kier alpha value is -2.50. The molecular weight excluding hydrogens is 320 g/mol. The van der Waals surface area contributed by atoms with E-state index in [-0.39, 0.29) is 11.9 Å². The SMILES string of the molecule is CC(C)(C)OC(=O)NC1CCN(C(=O)c2cc3ccccc3o2)CC1. The topological polar surface area (TPSA) is 71.8 Å². The molecule has 2 amide bonds. The molecule has 1 fully saturated rings. The minimum Gasteiger partial charge on any atom is -0.451 e. The van der Waals surface area contributed by atoms with E-state index in [2.05, 4.69) is 5.32 Å². The van der Waals surface area contributed by atoms with E-state index >= 15 is 0 Å². The van der Waals surface area contributed by atoms with E-state index in [9.17, 15) is 9.59 Å². The van der Waals surface area contributed by atoms with Crippen molar-refractivity contribution in [3.8, 4) is 0 Å². The van der Waals surface area contributed by atoms with Crippen LogP contribution < -0.4 is 5.32 Å². The lowest BCUT2D eigenvalue weighted by molar-refractivity contribution is 0.0471. The fraction of sp³-hybridized carbons (Fsp3) is 0.474. The molecule has 0 bridgehead atoms. The van der Waals surface area contributed by atoms with Gasteiger partial charge in [-0.15, -0.1) is 0 Å². The number of hydrogen-bond donors (Lipinski definition) is 1. The first kappa shape index (κ1) is 17.3. The van der Waals surface area contributed by atoms with Crippen LogP contribution in [0.1, 0.15) is 44.2 Å². The number of para-hydroxylation sites is 1. The van der Waals surface area contributed by atoms with Gasteiger partial charge in [-0.1, -0.05) is 18.2 Å². The van der Waals surface area contributed by atoms with Crippen LogP contribution in [0, 0.1) is 0 Å². The van der Waals surface area contributed by atoms with Crippen LogP contribution in [-0.2, 0) is 4.74 Å². The number of fused-ring (bicyclic) bond motifs is 1. The number of benzene rings is 1. The van der Waals surface area contributed by atoms with Gasteiger partial charge in [0.2, 0.25) is 0 Å². The Morgan fingerprint density at radius 1 is 1.20 bits per heavy atom. The fourth-order valence-electron chi connectivity index (χ4n) is 2.94. The first-order chi connectivity index (χ1) is 11.8. The molecule has 0 atom stereocenters. The highest BCUT2D eigenvalue weighted by Crippen LogP contribution is 2.21. The molecule has 0 aliphatic carbocycles. The van der Waals surface area contributed by atoms with Crippen molar-refractivity contribution in [2.24, 2.45) is 0 Å². The lowest BCUT2D eigenvalue weighted by Crippen LogP contribution is -2.47. The quantitative estimate of drug-likeness (QED) is 0.904. The summed E-state index contributed by atoms with van der Waals surface area (Å²) < 4.78 is 10.9. The summed E-state index contributed by atoms with van der Waals surface area (Å²) in [5.74, 6) is 0.256. The van der Waals surface area contributed by atoms with Crippen molar-refractivity contribution < 1.29 is 18.7 Å². The van der Waals surface area contributed by atoms with E-state index < -0.39 is 11.7 Å². The monoisotopic (exact) mass is 344 g/mol. The van der Waals surface area contributed by atoms with Crippen LogP contribution in [0.4, 0.5) is 4.79 Å². The Morgan fingerprint density at radius 3 is 2.52 bits per heavy atom. The summed E-state index contributed by atoms with van der Waals surface area (Å²) in [5.41, 5.74) is 0.203. The second-order valence-corrected chi connectivity index (χ2v) is 7.36. The maximum atomic E-state index is 12.6. The zero-order valence-electron chi connectivity index (χ0n) is 14.9. The highest BCUT2D eigenvalue weighted by atomic mass is 16.6. The van der Waals surface area contributed by atoms with E-state index in [1.807, 2.05) is 45.0 Å². The van der Waals surface area contributed by atoms with Gasteiger partial charge in [0.1, 0.15) is 11.2 Å². The van der Waals surface area contributed by atoms with Gasteiger partial charge < -0.3 is 19.4 Å². The summed E-state index contributed by atoms with van der Waals surface area (Å²) in [7, 11) is 0. The molecule has 0 spiro atoms. The molecule has 2 heterocycles. The van der Waals surface area contributed by atoms with E-state index in [0.29, 0.717) is 37.3 Å². The minimum atomic E-state index is -0.512. The van der Waals surface area contributed by atoms with Crippen LogP contribution in [0.5, 0.6) is 0 Å². The Balaban J connectivity index is 1.55. The van der Waals surface area contributed by atoms with E-state index in [1.54, 1.807) is 11.0 Å². The molecule has 2 aromatic rings. The number of carbonyl (C=O) groups is 2. The Bertz CT molecular complexity index is 734.